The fourth-order valence-electron chi connectivity index (χ4n) is 2.51. The summed E-state index contributed by atoms with van der Waals surface area (Å²) in [6.45, 7) is 7.33. The Balaban J connectivity index is 2.08. The highest BCUT2D eigenvalue weighted by atomic mass is 16.3. The lowest BCUT2D eigenvalue weighted by Gasteiger charge is -2.28. The van der Waals surface area contributed by atoms with Crippen LogP contribution in [-0.2, 0) is 0 Å². The zero-order chi connectivity index (χ0) is 12.0. The molecule has 0 bridgehead atoms. The number of hydrogen-bond acceptors (Lipinski definition) is 3. The van der Waals surface area contributed by atoms with E-state index >= 15 is 0 Å². The standard InChI is InChI=1S/C13H28N2O/c1-12(2)14-9-6-10-15(3)11-13(16)7-4-5-8-13/h12,14,16H,4-11H2,1-3H3. The van der Waals surface area contributed by atoms with Crippen LogP contribution in [0.5, 0.6) is 0 Å². The van der Waals surface area contributed by atoms with E-state index in [0.29, 0.717) is 6.04 Å². The molecule has 0 aliphatic heterocycles. The van der Waals surface area contributed by atoms with Gasteiger partial charge in [0.05, 0.1) is 5.60 Å². The molecule has 0 heterocycles. The second kappa shape index (κ2) is 6.58. The average molecular weight is 228 g/mol. The highest BCUT2D eigenvalue weighted by Gasteiger charge is 2.31. The molecule has 1 saturated carbocycles. The minimum absolute atomic E-state index is 0.389. The average Bonchev–Trinajstić information content (AvgIpc) is 2.59. The maximum absolute atomic E-state index is 10.2. The van der Waals surface area contributed by atoms with E-state index in [9.17, 15) is 5.11 Å². The molecule has 0 unspecified atom stereocenters. The molecule has 96 valence electrons. The lowest BCUT2D eigenvalue weighted by Crippen LogP contribution is -2.40. The topological polar surface area (TPSA) is 35.5 Å². The lowest BCUT2D eigenvalue weighted by molar-refractivity contribution is 0.0162. The first-order valence-electron chi connectivity index (χ1n) is 6.66. The zero-order valence-electron chi connectivity index (χ0n) is 11.1. The predicted octanol–water partition coefficient (Wildman–Crippen LogP) is 1.61. The van der Waals surface area contributed by atoms with Crippen LogP contribution in [0.3, 0.4) is 0 Å². The molecule has 1 fully saturated rings. The van der Waals surface area contributed by atoms with Crippen molar-refractivity contribution in [3.05, 3.63) is 0 Å². The molecule has 0 amide bonds. The number of aliphatic hydroxyl groups is 1. The van der Waals surface area contributed by atoms with Gasteiger partial charge in [0.2, 0.25) is 0 Å². The Morgan fingerprint density at radius 3 is 2.50 bits per heavy atom. The first-order valence-corrected chi connectivity index (χ1v) is 6.66. The van der Waals surface area contributed by atoms with Gasteiger partial charge in [0, 0.05) is 12.6 Å². The molecule has 2 N–H and O–H groups in total. The first kappa shape index (κ1) is 13.9. The van der Waals surface area contributed by atoms with E-state index in [1.165, 1.54) is 12.8 Å². The van der Waals surface area contributed by atoms with Crippen LogP contribution in [0.4, 0.5) is 0 Å². The molecular weight excluding hydrogens is 200 g/mol. The number of hydrogen-bond donors (Lipinski definition) is 2. The maximum Gasteiger partial charge on any atom is 0.0774 e. The summed E-state index contributed by atoms with van der Waals surface area (Å²) in [6, 6.07) is 0.573. The van der Waals surface area contributed by atoms with Gasteiger partial charge in [-0.25, -0.2) is 0 Å². The summed E-state index contributed by atoms with van der Waals surface area (Å²) < 4.78 is 0. The second-order valence-electron chi connectivity index (χ2n) is 5.63. The van der Waals surface area contributed by atoms with E-state index < -0.39 is 0 Å². The second-order valence-corrected chi connectivity index (χ2v) is 5.63. The molecule has 0 atom stereocenters. The van der Waals surface area contributed by atoms with Crippen LogP contribution >= 0.6 is 0 Å². The summed E-state index contributed by atoms with van der Waals surface area (Å²) in [5.41, 5.74) is -0.389. The van der Waals surface area contributed by atoms with E-state index in [0.717, 1.165) is 38.9 Å². The summed E-state index contributed by atoms with van der Waals surface area (Å²) in [7, 11) is 2.12. The molecule has 1 rings (SSSR count). The van der Waals surface area contributed by atoms with Crippen molar-refractivity contribution in [2.45, 2.75) is 57.6 Å². The van der Waals surface area contributed by atoms with Gasteiger partial charge in [-0.3, -0.25) is 0 Å². The van der Waals surface area contributed by atoms with Crippen LogP contribution in [0.2, 0.25) is 0 Å². The third-order valence-electron chi connectivity index (χ3n) is 3.37. The van der Waals surface area contributed by atoms with Crippen molar-refractivity contribution in [3.8, 4) is 0 Å². The molecular formula is C13H28N2O. The summed E-state index contributed by atoms with van der Waals surface area (Å²) in [5, 5.41) is 13.7. The molecule has 0 aromatic carbocycles. The molecule has 3 heteroatoms. The molecule has 0 radical (unpaired) electrons. The van der Waals surface area contributed by atoms with Gasteiger partial charge in [0.1, 0.15) is 0 Å². The van der Waals surface area contributed by atoms with Crippen molar-refractivity contribution in [1.82, 2.24) is 10.2 Å². The van der Waals surface area contributed by atoms with Crippen LogP contribution in [-0.4, -0.2) is 48.3 Å². The van der Waals surface area contributed by atoms with Gasteiger partial charge >= 0.3 is 0 Å². The molecule has 0 aromatic rings. The Bertz CT molecular complexity index is 188. The third-order valence-corrected chi connectivity index (χ3v) is 3.37. The Kier molecular flexibility index (Phi) is 5.73. The minimum Gasteiger partial charge on any atom is -0.389 e. The summed E-state index contributed by atoms with van der Waals surface area (Å²) in [4.78, 5) is 2.27. The SMILES string of the molecule is CC(C)NCCCN(C)CC1(O)CCCC1. The van der Waals surface area contributed by atoms with Gasteiger partial charge in [-0.05, 0) is 39.4 Å². The molecule has 16 heavy (non-hydrogen) atoms. The van der Waals surface area contributed by atoms with E-state index in [-0.39, 0.29) is 5.60 Å². The Morgan fingerprint density at radius 1 is 1.31 bits per heavy atom. The molecule has 0 aromatic heterocycles. The van der Waals surface area contributed by atoms with Crippen molar-refractivity contribution in [2.75, 3.05) is 26.7 Å². The highest BCUT2D eigenvalue weighted by molar-refractivity contribution is 4.86. The number of likely N-dealkylation sites (N-methyl/N-ethyl adjacent to an activating group) is 1. The van der Waals surface area contributed by atoms with Crippen LogP contribution in [0.1, 0.15) is 46.0 Å². The third kappa shape index (κ3) is 5.28. The lowest BCUT2D eigenvalue weighted by atomic mass is 10.0. The Morgan fingerprint density at radius 2 is 1.94 bits per heavy atom. The zero-order valence-corrected chi connectivity index (χ0v) is 11.1. The van der Waals surface area contributed by atoms with Crippen molar-refractivity contribution >= 4 is 0 Å². The van der Waals surface area contributed by atoms with Gasteiger partial charge in [0.15, 0.2) is 0 Å². The molecule has 0 saturated heterocycles. The van der Waals surface area contributed by atoms with Gasteiger partial charge in [-0.1, -0.05) is 26.7 Å². The number of nitrogens with zero attached hydrogens (tertiary/aromatic N) is 1. The van der Waals surface area contributed by atoms with E-state index in [4.69, 9.17) is 0 Å². The smallest absolute Gasteiger partial charge is 0.0774 e. The molecule has 1 aliphatic carbocycles. The Hall–Kier alpha value is -0.120. The summed E-state index contributed by atoms with van der Waals surface area (Å²) >= 11 is 0. The van der Waals surface area contributed by atoms with Crippen LogP contribution < -0.4 is 5.32 Å². The van der Waals surface area contributed by atoms with Gasteiger partial charge < -0.3 is 15.3 Å². The highest BCUT2D eigenvalue weighted by Crippen LogP contribution is 2.29. The monoisotopic (exact) mass is 228 g/mol. The quantitative estimate of drug-likeness (QED) is 0.650. The molecule has 0 spiro atoms. The van der Waals surface area contributed by atoms with Gasteiger partial charge in [-0.15, -0.1) is 0 Å². The minimum atomic E-state index is -0.389. The van der Waals surface area contributed by atoms with E-state index in [2.05, 4.69) is 31.1 Å². The molecule has 3 nitrogen and oxygen atoms in total. The van der Waals surface area contributed by atoms with Gasteiger partial charge in [0.25, 0.3) is 0 Å². The first-order chi connectivity index (χ1) is 7.52. The summed E-state index contributed by atoms with van der Waals surface area (Å²) in [5.74, 6) is 0. The Labute approximate surface area is 100 Å². The van der Waals surface area contributed by atoms with Crippen molar-refractivity contribution in [3.63, 3.8) is 0 Å². The number of rotatable bonds is 7. The van der Waals surface area contributed by atoms with E-state index in [1.54, 1.807) is 0 Å². The fraction of sp³-hybridized carbons (Fsp3) is 1.00. The van der Waals surface area contributed by atoms with Crippen LogP contribution in [0.25, 0.3) is 0 Å². The fourth-order valence-corrected chi connectivity index (χ4v) is 2.51. The van der Waals surface area contributed by atoms with Gasteiger partial charge in [-0.2, -0.15) is 0 Å². The van der Waals surface area contributed by atoms with E-state index in [1.807, 2.05) is 0 Å². The van der Waals surface area contributed by atoms with Crippen molar-refractivity contribution < 1.29 is 5.11 Å². The predicted molar refractivity (Wildman–Crippen MR) is 68.7 cm³/mol. The van der Waals surface area contributed by atoms with Crippen molar-refractivity contribution in [2.24, 2.45) is 0 Å². The summed E-state index contributed by atoms with van der Waals surface area (Å²) in [6.07, 6.45) is 5.52. The normalized spacial score (nSPS) is 19.9. The number of nitrogens with one attached hydrogen (secondary N) is 1. The maximum atomic E-state index is 10.2. The van der Waals surface area contributed by atoms with Crippen LogP contribution in [0.15, 0.2) is 0 Å². The molecule has 1 aliphatic rings. The van der Waals surface area contributed by atoms with Crippen LogP contribution in [0, 0.1) is 0 Å². The van der Waals surface area contributed by atoms with Crippen molar-refractivity contribution in [1.29, 1.82) is 0 Å². The largest absolute Gasteiger partial charge is 0.389 e.